The number of rotatable bonds is 4. The van der Waals surface area contributed by atoms with Crippen LogP contribution < -0.4 is 0 Å². The van der Waals surface area contributed by atoms with Crippen molar-refractivity contribution in [1.29, 1.82) is 0 Å². The smallest absolute Gasteiger partial charge is 0.123 e. The van der Waals surface area contributed by atoms with Crippen molar-refractivity contribution in [2.24, 2.45) is 40.4 Å². The Hall–Kier alpha value is -0.970. The second-order valence-corrected chi connectivity index (χ2v) is 12.2. The molecule has 0 bridgehead atoms. The monoisotopic (exact) mass is 444 g/mol. The van der Waals surface area contributed by atoms with Gasteiger partial charge in [-0.3, -0.25) is 0 Å². The van der Waals surface area contributed by atoms with Crippen LogP contribution in [0.15, 0.2) is 24.3 Å². The van der Waals surface area contributed by atoms with Crippen molar-refractivity contribution in [2.75, 3.05) is 0 Å². The van der Waals surface area contributed by atoms with Gasteiger partial charge in [-0.15, -0.1) is 0 Å². The zero-order valence-corrected chi connectivity index (χ0v) is 19.7. The van der Waals surface area contributed by atoms with Crippen LogP contribution in [0.2, 0.25) is 0 Å². The van der Waals surface area contributed by atoms with E-state index >= 15 is 0 Å². The highest BCUT2D eigenvalue weighted by Crippen LogP contribution is 2.67. The van der Waals surface area contributed by atoms with Crippen molar-refractivity contribution in [2.45, 2.75) is 96.4 Å². The van der Waals surface area contributed by atoms with E-state index in [1.54, 1.807) is 12.1 Å². The maximum absolute atomic E-state index is 13.2. The van der Waals surface area contributed by atoms with Crippen molar-refractivity contribution >= 4 is 0 Å². The predicted octanol–water partition coefficient (Wildman–Crippen LogP) is 5.11. The Morgan fingerprint density at radius 1 is 0.906 bits per heavy atom. The first-order chi connectivity index (χ1) is 15.2. The van der Waals surface area contributed by atoms with Gasteiger partial charge in [0.15, 0.2) is 0 Å². The molecule has 3 N–H and O–H groups in total. The number of halogens is 1. The average Bonchev–Trinajstić information content (AvgIpc) is 3.12. The first-order valence-corrected chi connectivity index (χ1v) is 13.0. The van der Waals surface area contributed by atoms with Crippen LogP contribution in [0.3, 0.4) is 0 Å². The zero-order chi connectivity index (χ0) is 22.7. The number of fused-ring (bicyclic) bond motifs is 5. The largest absolute Gasteiger partial charge is 0.393 e. The van der Waals surface area contributed by atoms with Crippen LogP contribution in [0.1, 0.15) is 77.2 Å². The lowest BCUT2D eigenvalue weighted by atomic mass is 9.44. The number of aliphatic hydroxyl groups excluding tert-OH is 3. The summed E-state index contributed by atoms with van der Waals surface area (Å²) in [6, 6.07) is 6.25. The minimum atomic E-state index is -0.813. The van der Waals surface area contributed by atoms with Crippen LogP contribution in [0.5, 0.6) is 0 Å². The van der Waals surface area contributed by atoms with E-state index < -0.39 is 12.2 Å². The highest BCUT2D eigenvalue weighted by atomic mass is 19.1. The molecule has 0 saturated heterocycles. The molecule has 1 aromatic rings. The summed E-state index contributed by atoms with van der Waals surface area (Å²) in [5.41, 5.74) is 1.32. The fraction of sp³-hybridized carbons (Fsp3) is 0.786. The lowest BCUT2D eigenvalue weighted by molar-refractivity contribution is -0.139. The number of aliphatic hydroxyl groups is 3. The lowest BCUT2D eigenvalue weighted by Crippen LogP contribution is -2.55. The van der Waals surface area contributed by atoms with E-state index in [4.69, 9.17) is 0 Å². The number of hydrogen-bond acceptors (Lipinski definition) is 3. The predicted molar refractivity (Wildman–Crippen MR) is 123 cm³/mol. The van der Waals surface area contributed by atoms with Gasteiger partial charge in [0.05, 0.1) is 18.3 Å². The van der Waals surface area contributed by atoms with Crippen molar-refractivity contribution in [3.05, 3.63) is 35.6 Å². The first kappa shape index (κ1) is 22.8. The summed E-state index contributed by atoms with van der Waals surface area (Å²) in [4.78, 5) is 0. The summed E-state index contributed by atoms with van der Waals surface area (Å²) in [5.74, 6) is 2.61. The molecule has 0 spiro atoms. The molecular weight excluding hydrogens is 403 g/mol. The molecule has 4 heteroatoms. The third-order valence-electron chi connectivity index (χ3n) is 10.9. The maximum atomic E-state index is 13.2. The number of benzene rings is 1. The molecule has 1 aromatic carbocycles. The fourth-order valence-corrected chi connectivity index (χ4v) is 9.09. The molecule has 4 unspecified atom stereocenters. The highest BCUT2D eigenvalue weighted by molar-refractivity contribution is 5.18. The van der Waals surface area contributed by atoms with Gasteiger partial charge in [-0.1, -0.05) is 26.0 Å². The summed E-state index contributed by atoms with van der Waals surface area (Å²) in [6.45, 7) is 4.90. The van der Waals surface area contributed by atoms with Gasteiger partial charge >= 0.3 is 0 Å². The molecule has 3 nitrogen and oxygen atoms in total. The molecule has 4 fully saturated rings. The second kappa shape index (κ2) is 8.36. The van der Waals surface area contributed by atoms with Gasteiger partial charge in [-0.25, -0.2) is 4.39 Å². The van der Waals surface area contributed by atoms with Gasteiger partial charge < -0.3 is 15.3 Å². The molecular formula is C28H41FO3. The van der Waals surface area contributed by atoms with E-state index in [2.05, 4.69) is 13.8 Å². The third kappa shape index (κ3) is 3.65. The van der Waals surface area contributed by atoms with Gasteiger partial charge in [0, 0.05) is 6.42 Å². The van der Waals surface area contributed by atoms with Crippen LogP contribution in [-0.2, 0) is 6.42 Å². The third-order valence-corrected chi connectivity index (χ3v) is 10.9. The summed E-state index contributed by atoms with van der Waals surface area (Å²) in [7, 11) is 0. The Morgan fingerprint density at radius 3 is 2.34 bits per heavy atom. The normalized spacial score (nSPS) is 45.4. The van der Waals surface area contributed by atoms with Gasteiger partial charge in [-0.2, -0.15) is 0 Å². The van der Waals surface area contributed by atoms with E-state index in [9.17, 15) is 19.7 Å². The van der Waals surface area contributed by atoms with Crippen LogP contribution in [-0.4, -0.2) is 33.6 Å². The topological polar surface area (TPSA) is 60.7 Å². The van der Waals surface area contributed by atoms with Crippen LogP contribution in [0.4, 0.5) is 4.39 Å². The van der Waals surface area contributed by atoms with Crippen LogP contribution in [0.25, 0.3) is 0 Å². The second-order valence-electron chi connectivity index (χ2n) is 12.2. The van der Waals surface area contributed by atoms with E-state index in [0.29, 0.717) is 23.7 Å². The van der Waals surface area contributed by atoms with Crippen molar-refractivity contribution in [3.63, 3.8) is 0 Å². The summed E-state index contributed by atoms with van der Waals surface area (Å²) in [6.07, 6.45) is 8.82. The van der Waals surface area contributed by atoms with E-state index in [1.807, 2.05) is 0 Å². The van der Waals surface area contributed by atoms with E-state index in [1.165, 1.54) is 31.4 Å². The Balaban J connectivity index is 1.31. The van der Waals surface area contributed by atoms with Gasteiger partial charge in [0.2, 0.25) is 0 Å². The molecule has 32 heavy (non-hydrogen) atoms. The van der Waals surface area contributed by atoms with E-state index in [0.717, 1.165) is 55.9 Å². The maximum Gasteiger partial charge on any atom is 0.123 e. The van der Waals surface area contributed by atoms with Crippen molar-refractivity contribution in [3.8, 4) is 0 Å². The molecule has 4 saturated carbocycles. The highest BCUT2D eigenvalue weighted by Gasteiger charge is 2.61. The summed E-state index contributed by atoms with van der Waals surface area (Å²) < 4.78 is 13.2. The molecule has 0 aliphatic heterocycles. The Morgan fingerprint density at radius 2 is 1.59 bits per heavy atom. The van der Waals surface area contributed by atoms with Gasteiger partial charge in [0.25, 0.3) is 0 Å². The quantitative estimate of drug-likeness (QED) is 0.605. The molecule has 10 atom stereocenters. The molecule has 0 radical (unpaired) electrons. The number of hydrogen-bond donors (Lipinski definition) is 3. The molecule has 0 heterocycles. The summed E-state index contributed by atoms with van der Waals surface area (Å²) >= 11 is 0. The van der Waals surface area contributed by atoms with Gasteiger partial charge in [-0.05, 0) is 116 Å². The minimum Gasteiger partial charge on any atom is -0.393 e. The lowest BCUT2D eigenvalue weighted by Gasteiger charge is -2.61. The van der Waals surface area contributed by atoms with E-state index in [-0.39, 0.29) is 23.3 Å². The Labute approximate surface area is 192 Å². The molecule has 0 amide bonds. The first-order valence-electron chi connectivity index (χ1n) is 13.0. The van der Waals surface area contributed by atoms with Crippen LogP contribution >= 0.6 is 0 Å². The molecule has 4 aliphatic carbocycles. The molecule has 0 aromatic heterocycles. The standard InChI is InChI=1S/C28H41FO3/c1-27-13-11-20(30)16-18(27)5-8-21-22-9-10-24(28(22,2)14-12-23(21)27)26(32)25(31)15-17-3-6-19(29)7-4-17/h3-4,6-7,18,20-26,30-32H,5,8-16H2,1-2H3/t18?,20-,21-,22?,23?,24?,25-,26-,27-,28-/m0/s1. The fourth-order valence-electron chi connectivity index (χ4n) is 9.09. The molecule has 178 valence electrons. The van der Waals surface area contributed by atoms with Gasteiger partial charge in [0.1, 0.15) is 5.82 Å². The summed E-state index contributed by atoms with van der Waals surface area (Å²) in [5, 5.41) is 32.4. The molecule has 5 rings (SSSR count). The van der Waals surface area contributed by atoms with Crippen LogP contribution in [0, 0.1) is 46.2 Å². The Kier molecular flexibility index (Phi) is 5.96. The SMILES string of the molecule is C[C@]12CC[C@H](O)CC1CC[C@@H]1C2CC[C@@]2(C)C1CCC2[C@H](O)[C@@H](O)Cc1ccc(F)cc1. The zero-order valence-electron chi connectivity index (χ0n) is 19.7. The van der Waals surface area contributed by atoms with Crippen molar-refractivity contribution in [1.82, 2.24) is 0 Å². The Bertz CT molecular complexity index is 811. The average molecular weight is 445 g/mol. The minimum absolute atomic E-state index is 0.0851. The van der Waals surface area contributed by atoms with Crippen molar-refractivity contribution < 1.29 is 19.7 Å². The molecule has 4 aliphatic rings.